The lowest BCUT2D eigenvalue weighted by molar-refractivity contribution is -0.266. The zero-order valence-corrected chi connectivity index (χ0v) is 12.2. The van der Waals surface area contributed by atoms with Gasteiger partial charge in [-0.15, -0.1) is 11.6 Å². The van der Waals surface area contributed by atoms with Crippen LogP contribution < -0.4 is 0 Å². The summed E-state index contributed by atoms with van der Waals surface area (Å²) in [5.74, 6) is -0.560. The number of ether oxygens (including phenoxy) is 4. The fourth-order valence-corrected chi connectivity index (χ4v) is 3.12. The van der Waals surface area contributed by atoms with Gasteiger partial charge in [0.1, 0.15) is 12.2 Å². The molecule has 1 aromatic rings. The van der Waals surface area contributed by atoms with Crippen LogP contribution in [0.1, 0.15) is 12.0 Å². The van der Waals surface area contributed by atoms with E-state index in [0.717, 1.165) is 12.0 Å². The molecule has 2 fully saturated rings. The maximum Gasteiger partial charge on any atom is 0.209 e. The van der Waals surface area contributed by atoms with E-state index in [1.165, 1.54) is 0 Å². The smallest absolute Gasteiger partial charge is 0.209 e. The Balaban J connectivity index is 1.69. The van der Waals surface area contributed by atoms with Crippen molar-refractivity contribution in [3.8, 4) is 0 Å². The summed E-state index contributed by atoms with van der Waals surface area (Å²) in [6, 6.07) is 10.0. The molecule has 0 radical (unpaired) electrons. The van der Waals surface area contributed by atoms with Crippen molar-refractivity contribution in [2.75, 3.05) is 19.6 Å². The van der Waals surface area contributed by atoms with Gasteiger partial charge in [-0.25, -0.2) is 0 Å². The van der Waals surface area contributed by atoms with Crippen molar-refractivity contribution in [3.05, 3.63) is 35.9 Å². The summed E-state index contributed by atoms with van der Waals surface area (Å²) in [7, 11) is 1.69. The highest BCUT2D eigenvalue weighted by Gasteiger charge is 2.55. The number of alkyl halides is 1. The predicted molar refractivity (Wildman–Crippen MR) is 74.7 cm³/mol. The first kappa shape index (κ1) is 14.3. The Bertz CT molecular complexity index is 441. The molecule has 4 unspecified atom stereocenters. The van der Waals surface area contributed by atoms with E-state index in [0.29, 0.717) is 13.2 Å². The van der Waals surface area contributed by atoms with E-state index in [-0.39, 0.29) is 24.2 Å². The van der Waals surface area contributed by atoms with E-state index in [2.05, 4.69) is 0 Å². The van der Waals surface area contributed by atoms with Crippen molar-refractivity contribution >= 4 is 11.6 Å². The van der Waals surface area contributed by atoms with Gasteiger partial charge in [-0.1, -0.05) is 30.3 Å². The quantitative estimate of drug-likeness (QED) is 0.782. The standard InChI is InChI=1S/C15H19ClO4/c1-17-12-7-14(15(10-16)19-9-13(12)20-15)18-8-11-5-3-2-4-6-11/h2-6,12-14H,7-10H2,1H3. The highest BCUT2D eigenvalue weighted by molar-refractivity contribution is 6.18. The van der Waals surface area contributed by atoms with Gasteiger partial charge in [0, 0.05) is 13.5 Å². The summed E-state index contributed by atoms with van der Waals surface area (Å²) >= 11 is 6.06. The molecule has 2 saturated heterocycles. The number of hydrogen-bond donors (Lipinski definition) is 0. The molecule has 3 rings (SSSR count). The summed E-state index contributed by atoms with van der Waals surface area (Å²) in [4.78, 5) is 0. The molecule has 2 bridgehead atoms. The Morgan fingerprint density at radius 1 is 1.35 bits per heavy atom. The van der Waals surface area contributed by atoms with E-state index in [1.807, 2.05) is 30.3 Å². The second-order valence-electron chi connectivity index (χ2n) is 5.21. The minimum absolute atomic E-state index is 0.00499. The van der Waals surface area contributed by atoms with Crippen LogP contribution >= 0.6 is 11.6 Å². The second-order valence-corrected chi connectivity index (χ2v) is 5.48. The summed E-state index contributed by atoms with van der Waals surface area (Å²) in [6.45, 7) is 1.02. The minimum atomic E-state index is -0.823. The van der Waals surface area contributed by atoms with Crippen LogP contribution in [0.25, 0.3) is 0 Å². The fourth-order valence-electron chi connectivity index (χ4n) is 2.81. The molecule has 2 aliphatic rings. The van der Waals surface area contributed by atoms with Crippen LogP contribution in [0.4, 0.5) is 0 Å². The first-order chi connectivity index (χ1) is 9.77. The van der Waals surface area contributed by atoms with Gasteiger partial charge in [-0.05, 0) is 5.56 Å². The van der Waals surface area contributed by atoms with Crippen LogP contribution in [0.15, 0.2) is 30.3 Å². The average molecular weight is 299 g/mol. The fraction of sp³-hybridized carbons (Fsp3) is 0.600. The zero-order chi connectivity index (χ0) is 14.0. The van der Waals surface area contributed by atoms with Crippen LogP contribution in [0.2, 0.25) is 0 Å². The molecular formula is C15H19ClO4. The van der Waals surface area contributed by atoms with E-state index >= 15 is 0 Å². The first-order valence-corrected chi connectivity index (χ1v) is 7.37. The van der Waals surface area contributed by atoms with Gasteiger partial charge in [0.05, 0.1) is 25.2 Å². The number of hydrogen-bond acceptors (Lipinski definition) is 4. The van der Waals surface area contributed by atoms with E-state index in [4.69, 9.17) is 30.5 Å². The summed E-state index contributed by atoms with van der Waals surface area (Å²) in [5.41, 5.74) is 1.12. The lowest BCUT2D eigenvalue weighted by Crippen LogP contribution is -2.54. The minimum Gasteiger partial charge on any atom is -0.379 e. The van der Waals surface area contributed by atoms with Crippen molar-refractivity contribution in [2.24, 2.45) is 0 Å². The van der Waals surface area contributed by atoms with Crippen molar-refractivity contribution in [1.29, 1.82) is 0 Å². The molecule has 20 heavy (non-hydrogen) atoms. The van der Waals surface area contributed by atoms with Crippen LogP contribution in [-0.2, 0) is 25.6 Å². The number of fused-ring (bicyclic) bond motifs is 2. The molecule has 4 atom stereocenters. The van der Waals surface area contributed by atoms with Gasteiger partial charge < -0.3 is 18.9 Å². The Labute approximate surface area is 123 Å². The van der Waals surface area contributed by atoms with Gasteiger partial charge in [0.2, 0.25) is 5.79 Å². The molecule has 0 aromatic heterocycles. The number of methoxy groups -OCH3 is 1. The predicted octanol–water partition coefficient (Wildman–Crippen LogP) is 2.34. The third-order valence-electron chi connectivity index (χ3n) is 3.98. The lowest BCUT2D eigenvalue weighted by Gasteiger charge is -2.40. The van der Waals surface area contributed by atoms with E-state index in [1.54, 1.807) is 7.11 Å². The van der Waals surface area contributed by atoms with Crippen molar-refractivity contribution < 1.29 is 18.9 Å². The molecular weight excluding hydrogens is 280 g/mol. The van der Waals surface area contributed by atoms with Crippen molar-refractivity contribution in [1.82, 2.24) is 0 Å². The van der Waals surface area contributed by atoms with Gasteiger partial charge in [-0.2, -0.15) is 0 Å². The summed E-state index contributed by atoms with van der Waals surface area (Å²) in [6.07, 6.45) is 0.467. The van der Waals surface area contributed by atoms with E-state index < -0.39 is 5.79 Å². The Kier molecular flexibility index (Phi) is 4.29. The molecule has 110 valence electrons. The molecule has 0 amide bonds. The van der Waals surface area contributed by atoms with Crippen LogP contribution in [0.5, 0.6) is 0 Å². The maximum absolute atomic E-state index is 6.06. The summed E-state index contributed by atoms with van der Waals surface area (Å²) < 4.78 is 23.2. The monoisotopic (exact) mass is 298 g/mol. The van der Waals surface area contributed by atoms with Crippen LogP contribution in [-0.4, -0.2) is 43.7 Å². The van der Waals surface area contributed by atoms with Gasteiger partial charge in [0.15, 0.2) is 0 Å². The Morgan fingerprint density at radius 2 is 2.15 bits per heavy atom. The number of halogens is 1. The third kappa shape index (κ3) is 2.59. The van der Waals surface area contributed by atoms with Gasteiger partial charge in [0.25, 0.3) is 0 Å². The van der Waals surface area contributed by atoms with E-state index in [9.17, 15) is 0 Å². The molecule has 5 heteroatoms. The van der Waals surface area contributed by atoms with Gasteiger partial charge in [-0.3, -0.25) is 0 Å². The van der Waals surface area contributed by atoms with Crippen molar-refractivity contribution in [2.45, 2.75) is 37.1 Å². The molecule has 0 saturated carbocycles. The molecule has 4 nitrogen and oxygen atoms in total. The SMILES string of the molecule is COC1CC(OCc2ccccc2)C2(CCl)OCC1O2. The maximum atomic E-state index is 6.06. The molecule has 0 aliphatic carbocycles. The molecule has 2 aliphatic heterocycles. The highest BCUT2D eigenvalue weighted by Crippen LogP contribution is 2.40. The molecule has 0 spiro atoms. The van der Waals surface area contributed by atoms with Crippen LogP contribution in [0, 0.1) is 0 Å². The van der Waals surface area contributed by atoms with Crippen LogP contribution in [0.3, 0.4) is 0 Å². The summed E-state index contributed by atoms with van der Waals surface area (Å²) in [5, 5.41) is 0. The number of benzene rings is 1. The normalized spacial score (nSPS) is 36.2. The van der Waals surface area contributed by atoms with Crippen molar-refractivity contribution in [3.63, 3.8) is 0 Å². The first-order valence-electron chi connectivity index (χ1n) is 6.83. The second kappa shape index (κ2) is 6.00. The lowest BCUT2D eigenvalue weighted by atomic mass is 9.98. The molecule has 2 heterocycles. The average Bonchev–Trinajstić information content (AvgIpc) is 2.89. The van der Waals surface area contributed by atoms with Gasteiger partial charge >= 0.3 is 0 Å². The highest BCUT2D eigenvalue weighted by atomic mass is 35.5. The molecule has 1 aromatic carbocycles. The largest absolute Gasteiger partial charge is 0.379 e. The third-order valence-corrected chi connectivity index (χ3v) is 4.35. The topological polar surface area (TPSA) is 36.9 Å². The number of rotatable bonds is 5. The Morgan fingerprint density at radius 3 is 2.85 bits per heavy atom. The Hall–Kier alpha value is -0.650. The zero-order valence-electron chi connectivity index (χ0n) is 11.5. The molecule has 0 N–H and O–H groups in total.